The fraction of sp³-hybridized carbons (Fsp3) is 0.0667. The zero-order valence-corrected chi connectivity index (χ0v) is 11.9. The van der Waals surface area contributed by atoms with E-state index >= 15 is 0 Å². The third-order valence-electron chi connectivity index (χ3n) is 3.02. The summed E-state index contributed by atoms with van der Waals surface area (Å²) < 4.78 is 12.9. The molecule has 0 radical (unpaired) electrons. The Morgan fingerprint density at radius 2 is 1.86 bits per heavy atom. The Kier molecular flexibility index (Phi) is 3.31. The maximum Gasteiger partial charge on any atom is 0.282 e. The number of benzene rings is 1. The van der Waals surface area contributed by atoms with Crippen LogP contribution in [0.5, 0.6) is 0 Å². The third-order valence-corrected chi connectivity index (χ3v) is 3.97. The Bertz CT molecular complexity index is 749. The molecule has 21 heavy (non-hydrogen) atoms. The summed E-state index contributed by atoms with van der Waals surface area (Å²) in [5.41, 5.74) is 2.96. The third kappa shape index (κ3) is 2.57. The lowest BCUT2D eigenvalue weighted by Gasteiger charge is -2.14. The number of hydrogen-bond donors (Lipinski definition) is 1. The first kappa shape index (κ1) is 13.5. The largest absolute Gasteiger partial charge is 0.282 e. The number of carbonyl (C=O) groups is 2. The molecule has 1 fully saturated rings. The predicted octanol–water partition coefficient (Wildman–Crippen LogP) is 2.66. The number of hydrogen-bond acceptors (Lipinski definition) is 3. The molecule has 0 aliphatic carbocycles. The zero-order chi connectivity index (χ0) is 15.0. The van der Waals surface area contributed by atoms with Gasteiger partial charge in [0.05, 0.1) is 5.69 Å². The van der Waals surface area contributed by atoms with E-state index in [9.17, 15) is 14.0 Å². The molecule has 1 aromatic heterocycles. The van der Waals surface area contributed by atoms with Crippen molar-refractivity contribution in [1.82, 2.24) is 5.43 Å². The second-order valence-electron chi connectivity index (χ2n) is 4.56. The van der Waals surface area contributed by atoms with Crippen molar-refractivity contribution >= 4 is 34.9 Å². The lowest BCUT2D eigenvalue weighted by Crippen LogP contribution is -2.35. The van der Waals surface area contributed by atoms with Gasteiger partial charge < -0.3 is 0 Å². The van der Waals surface area contributed by atoms with Crippen LogP contribution >= 0.6 is 11.3 Å². The highest BCUT2D eigenvalue weighted by Gasteiger charge is 2.34. The molecule has 2 heterocycles. The van der Waals surface area contributed by atoms with E-state index in [2.05, 4.69) is 5.43 Å². The highest BCUT2D eigenvalue weighted by atomic mass is 32.1. The summed E-state index contributed by atoms with van der Waals surface area (Å²) in [6.07, 6.45) is 1.57. The summed E-state index contributed by atoms with van der Waals surface area (Å²) in [5, 5.41) is 1.12. The molecule has 1 aliphatic heterocycles. The van der Waals surface area contributed by atoms with Gasteiger partial charge in [0, 0.05) is 9.75 Å². The van der Waals surface area contributed by atoms with Crippen molar-refractivity contribution in [2.45, 2.75) is 6.92 Å². The Balaban J connectivity index is 1.92. The smallest absolute Gasteiger partial charge is 0.267 e. The maximum absolute atomic E-state index is 12.9. The van der Waals surface area contributed by atoms with Crippen LogP contribution in [0.15, 0.2) is 42.0 Å². The number of aryl methyl sites for hydroxylation is 1. The predicted molar refractivity (Wildman–Crippen MR) is 79.1 cm³/mol. The van der Waals surface area contributed by atoms with Gasteiger partial charge in [0.15, 0.2) is 0 Å². The van der Waals surface area contributed by atoms with Crippen LogP contribution in [0.25, 0.3) is 6.08 Å². The van der Waals surface area contributed by atoms with Gasteiger partial charge in [-0.2, -0.15) is 0 Å². The first-order valence-electron chi connectivity index (χ1n) is 6.24. The van der Waals surface area contributed by atoms with Crippen LogP contribution in [0.3, 0.4) is 0 Å². The fourth-order valence-electron chi connectivity index (χ4n) is 2.00. The van der Waals surface area contributed by atoms with Crippen molar-refractivity contribution in [3.63, 3.8) is 0 Å². The minimum absolute atomic E-state index is 0.0705. The van der Waals surface area contributed by atoms with Crippen molar-refractivity contribution in [3.05, 3.63) is 57.5 Å². The van der Waals surface area contributed by atoms with E-state index in [1.165, 1.54) is 35.6 Å². The molecule has 1 aromatic carbocycles. The van der Waals surface area contributed by atoms with Crippen LogP contribution < -0.4 is 10.4 Å². The number of nitrogens with zero attached hydrogens (tertiary/aromatic N) is 1. The molecule has 3 rings (SSSR count). The summed E-state index contributed by atoms with van der Waals surface area (Å²) in [7, 11) is 0. The second kappa shape index (κ2) is 5.14. The molecular weight excluding hydrogens is 291 g/mol. The summed E-state index contributed by atoms with van der Waals surface area (Å²) in [4.78, 5) is 26.2. The fourth-order valence-corrected chi connectivity index (χ4v) is 2.82. The molecule has 0 unspecified atom stereocenters. The van der Waals surface area contributed by atoms with E-state index in [1.54, 1.807) is 6.08 Å². The monoisotopic (exact) mass is 302 g/mol. The minimum Gasteiger partial charge on any atom is -0.267 e. The Hall–Kier alpha value is -2.47. The van der Waals surface area contributed by atoms with Crippen LogP contribution in [0.2, 0.25) is 0 Å². The molecule has 1 saturated heterocycles. The highest BCUT2D eigenvalue weighted by molar-refractivity contribution is 7.12. The molecule has 4 nitrogen and oxygen atoms in total. The Morgan fingerprint density at radius 3 is 2.48 bits per heavy atom. The molecule has 0 spiro atoms. The number of carbonyl (C=O) groups excluding carboxylic acids is 2. The van der Waals surface area contributed by atoms with Gasteiger partial charge in [0.2, 0.25) is 0 Å². The van der Waals surface area contributed by atoms with Gasteiger partial charge in [-0.05, 0) is 49.4 Å². The molecule has 0 bridgehead atoms. The number of nitrogens with one attached hydrogen (secondary N) is 1. The van der Waals surface area contributed by atoms with Gasteiger partial charge in [-0.25, -0.2) is 9.40 Å². The summed E-state index contributed by atoms with van der Waals surface area (Å²) >= 11 is 1.50. The molecule has 6 heteroatoms. The molecule has 1 N–H and O–H groups in total. The first-order chi connectivity index (χ1) is 10.0. The molecule has 2 aromatic rings. The van der Waals surface area contributed by atoms with E-state index in [1.807, 2.05) is 19.1 Å². The van der Waals surface area contributed by atoms with Gasteiger partial charge in [-0.1, -0.05) is 0 Å². The van der Waals surface area contributed by atoms with Crippen LogP contribution in [0.4, 0.5) is 10.1 Å². The molecule has 0 saturated carbocycles. The Labute approximate surface area is 124 Å². The van der Waals surface area contributed by atoms with Crippen molar-refractivity contribution in [2.75, 3.05) is 5.01 Å². The quantitative estimate of drug-likeness (QED) is 0.685. The van der Waals surface area contributed by atoms with Gasteiger partial charge in [-0.3, -0.25) is 15.0 Å². The molecule has 2 amide bonds. The topological polar surface area (TPSA) is 49.4 Å². The molecular formula is C15H11FN2O2S. The van der Waals surface area contributed by atoms with Crippen molar-refractivity contribution in [1.29, 1.82) is 0 Å². The van der Waals surface area contributed by atoms with E-state index in [-0.39, 0.29) is 5.57 Å². The van der Waals surface area contributed by atoms with Crippen LogP contribution in [-0.4, -0.2) is 11.8 Å². The number of hydrazine groups is 1. The standard InChI is InChI=1S/C15H11FN2O2S/c1-9-2-7-12(21-9)8-13-14(19)17-18(15(13)20)11-5-3-10(16)4-6-11/h2-8H,1H3,(H,17,19). The summed E-state index contributed by atoms with van der Waals surface area (Å²) in [6, 6.07) is 9.12. The summed E-state index contributed by atoms with van der Waals surface area (Å²) in [5.74, 6) is -1.31. The minimum atomic E-state index is -0.463. The normalized spacial score (nSPS) is 16.7. The number of amides is 2. The van der Waals surface area contributed by atoms with E-state index in [0.717, 1.165) is 14.8 Å². The number of rotatable bonds is 2. The van der Waals surface area contributed by atoms with Crippen molar-refractivity contribution in [3.8, 4) is 0 Å². The van der Waals surface area contributed by atoms with E-state index < -0.39 is 17.6 Å². The average Bonchev–Trinajstić information content (AvgIpc) is 2.98. The van der Waals surface area contributed by atoms with Gasteiger partial charge in [0.25, 0.3) is 11.8 Å². The van der Waals surface area contributed by atoms with Crippen LogP contribution in [0.1, 0.15) is 9.75 Å². The Morgan fingerprint density at radius 1 is 1.14 bits per heavy atom. The SMILES string of the molecule is Cc1ccc(C=C2C(=O)NN(c3ccc(F)cc3)C2=O)s1. The number of thiophene rings is 1. The average molecular weight is 302 g/mol. The molecule has 106 valence electrons. The summed E-state index contributed by atoms with van der Waals surface area (Å²) in [6.45, 7) is 1.95. The zero-order valence-electron chi connectivity index (χ0n) is 11.1. The van der Waals surface area contributed by atoms with Crippen LogP contribution in [-0.2, 0) is 9.59 Å². The van der Waals surface area contributed by atoms with Gasteiger partial charge >= 0.3 is 0 Å². The van der Waals surface area contributed by atoms with Gasteiger partial charge in [0.1, 0.15) is 11.4 Å². The van der Waals surface area contributed by atoms with E-state index in [0.29, 0.717) is 5.69 Å². The molecule has 0 atom stereocenters. The number of anilines is 1. The van der Waals surface area contributed by atoms with Crippen molar-refractivity contribution < 1.29 is 14.0 Å². The molecule has 1 aliphatic rings. The highest BCUT2D eigenvalue weighted by Crippen LogP contribution is 2.24. The first-order valence-corrected chi connectivity index (χ1v) is 7.05. The lowest BCUT2D eigenvalue weighted by atomic mass is 10.2. The second-order valence-corrected chi connectivity index (χ2v) is 5.88. The van der Waals surface area contributed by atoms with Gasteiger partial charge in [-0.15, -0.1) is 11.3 Å². The maximum atomic E-state index is 12.9. The van der Waals surface area contributed by atoms with Crippen LogP contribution in [0, 0.1) is 12.7 Å². The van der Waals surface area contributed by atoms with E-state index in [4.69, 9.17) is 0 Å². The number of halogens is 1. The van der Waals surface area contributed by atoms with Crippen molar-refractivity contribution in [2.24, 2.45) is 0 Å². The lowest BCUT2D eigenvalue weighted by molar-refractivity contribution is -0.117.